The largest absolute Gasteiger partial charge is 0.470 e. The van der Waals surface area contributed by atoms with E-state index in [0.717, 1.165) is 18.4 Å². The molecule has 0 saturated carbocycles. The molecule has 28 heavy (non-hydrogen) atoms. The van der Waals surface area contributed by atoms with Crippen molar-refractivity contribution in [3.63, 3.8) is 0 Å². The predicted octanol–water partition coefficient (Wildman–Crippen LogP) is 2.16. The lowest BCUT2D eigenvalue weighted by Crippen LogP contribution is -2.43. The lowest BCUT2D eigenvalue weighted by atomic mass is 10.1. The highest BCUT2D eigenvalue weighted by Gasteiger charge is 2.25. The van der Waals surface area contributed by atoms with Crippen LogP contribution < -0.4 is 14.2 Å². The molecule has 2 aliphatic heterocycles. The Labute approximate surface area is 162 Å². The van der Waals surface area contributed by atoms with Gasteiger partial charge in [0.05, 0.1) is 6.54 Å². The zero-order valence-electron chi connectivity index (χ0n) is 15.1. The Morgan fingerprint density at radius 3 is 3.04 bits per heavy atom. The summed E-state index contributed by atoms with van der Waals surface area (Å²) in [7, 11) is 0. The fourth-order valence-electron chi connectivity index (χ4n) is 3.17. The molecule has 2 aliphatic rings. The molecule has 1 fully saturated rings. The zero-order chi connectivity index (χ0) is 19.3. The second kappa shape index (κ2) is 7.96. The molecule has 0 radical (unpaired) electrons. The molecule has 0 aliphatic carbocycles. The monoisotopic (exact) mass is 378 g/mol. The highest BCUT2D eigenvalue weighted by Crippen LogP contribution is 2.32. The Morgan fingerprint density at radius 1 is 1.29 bits per heavy atom. The fraction of sp³-hybridized carbons (Fsp3) is 0.300. The molecule has 8 heteroatoms. The number of nitrogens with zero attached hydrogens (tertiary/aromatic N) is 4. The summed E-state index contributed by atoms with van der Waals surface area (Å²) >= 11 is 0. The third-order valence-electron chi connectivity index (χ3n) is 4.55. The second-order valence-corrected chi connectivity index (χ2v) is 6.43. The molecule has 0 N–H and O–H groups in total. The van der Waals surface area contributed by atoms with Crippen LogP contribution in [0.1, 0.15) is 24.1 Å². The number of carbonyl (C=O) groups excluding carboxylic acids is 1. The van der Waals surface area contributed by atoms with Crippen molar-refractivity contribution in [2.45, 2.75) is 18.9 Å². The lowest BCUT2D eigenvalue weighted by Gasteiger charge is -2.32. The minimum atomic E-state index is -0.222. The third-order valence-corrected chi connectivity index (χ3v) is 4.55. The highest BCUT2D eigenvalue weighted by atomic mass is 16.7. The van der Waals surface area contributed by atoms with E-state index in [1.807, 2.05) is 24.3 Å². The van der Waals surface area contributed by atoms with Crippen LogP contribution >= 0.6 is 0 Å². The van der Waals surface area contributed by atoms with Crippen LogP contribution in [0.2, 0.25) is 0 Å². The Bertz CT molecular complexity index is 953. The standard InChI is InChI=1S/C20H18N4O4/c21-11-16-20(23-8-7-22-16)28-15-2-1-9-24(12-15)19(25)6-4-14-3-5-17-18(10-14)27-13-26-17/h3-8,10,15H,1-2,9,12-13H2/b6-4+/t15-/m1/s1. The summed E-state index contributed by atoms with van der Waals surface area (Å²) < 4.78 is 16.5. The molecule has 0 spiro atoms. The maximum absolute atomic E-state index is 12.6. The van der Waals surface area contributed by atoms with E-state index in [9.17, 15) is 4.79 Å². The van der Waals surface area contributed by atoms with Gasteiger partial charge in [0.15, 0.2) is 11.5 Å². The summed E-state index contributed by atoms with van der Waals surface area (Å²) in [5.41, 5.74) is 1.01. The Kier molecular flexibility index (Phi) is 5.06. The van der Waals surface area contributed by atoms with Gasteiger partial charge in [-0.25, -0.2) is 9.97 Å². The molecule has 1 aromatic carbocycles. The molecule has 2 aromatic rings. The number of nitriles is 1. The van der Waals surface area contributed by atoms with Gasteiger partial charge in [0.2, 0.25) is 18.4 Å². The summed E-state index contributed by atoms with van der Waals surface area (Å²) in [6.45, 7) is 1.32. The van der Waals surface area contributed by atoms with Gasteiger partial charge < -0.3 is 19.1 Å². The molecule has 3 heterocycles. The van der Waals surface area contributed by atoms with Crippen molar-refractivity contribution in [2.75, 3.05) is 19.9 Å². The van der Waals surface area contributed by atoms with Gasteiger partial charge in [-0.2, -0.15) is 5.26 Å². The minimum Gasteiger partial charge on any atom is -0.470 e. The number of carbonyl (C=O) groups is 1. The molecular weight excluding hydrogens is 360 g/mol. The quantitative estimate of drug-likeness (QED) is 0.752. The average molecular weight is 378 g/mol. The molecule has 1 amide bonds. The first kappa shape index (κ1) is 17.8. The number of aromatic nitrogens is 2. The molecule has 1 aromatic heterocycles. The van der Waals surface area contributed by atoms with Crippen molar-refractivity contribution in [3.8, 4) is 23.4 Å². The Morgan fingerprint density at radius 2 is 2.14 bits per heavy atom. The van der Waals surface area contributed by atoms with Gasteiger partial charge in [-0.3, -0.25) is 4.79 Å². The van der Waals surface area contributed by atoms with Crippen LogP contribution in [0.3, 0.4) is 0 Å². The van der Waals surface area contributed by atoms with Crippen molar-refractivity contribution in [2.24, 2.45) is 0 Å². The van der Waals surface area contributed by atoms with E-state index in [2.05, 4.69) is 9.97 Å². The van der Waals surface area contributed by atoms with E-state index >= 15 is 0 Å². The van der Waals surface area contributed by atoms with Crippen LogP contribution in [0.4, 0.5) is 0 Å². The van der Waals surface area contributed by atoms with Crippen molar-refractivity contribution < 1.29 is 19.0 Å². The fourth-order valence-corrected chi connectivity index (χ4v) is 3.17. The Balaban J connectivity index is 1.38. The van der Waals surface area contributed by atoms with Gasteiger partial charge in [-0.05, 0) is 36.6 Å². The first-order chi connectivity index (χ1) is 13.7. The molecule has 8 nitrogen and oxygen atoms in total. The second-order valence-electron chi connectivity index (χ2n) is 6.43. The summed E-state index contributed by atoms with van der Waals surface area (Å²) in [6.07, 6.45) is 7.61. The molecule has 1 atom stereocenters. The number of amides is 1. The molecule has 0 unspecified atom stereocenters. The van der Waals surface area contributed by atoms with Crippen LogP contribution in [-0.4, -0.2) is 46.8 Å². The van der Waals surface area contributed by atoms with E-state index in [1.54, 1.807) is 17.1 Å². The number of likely N-dealkylation sites (tertiary alicyclic amines) is 1. The van der Waals surface area contributed by atoms with Gasteiger partial charge in [0, 0.05) is 25.0 Å². The van der Waals surface area contributed by atoms with E-state index in [-0.39, 0.29) is 30.4 Å². The Hall–Kier alpha value is -3.60. The van der Waals surface area contributed by atoms with Crippen LogP contribution in [0.15, 0.2) is 36.7 Å². The number of piperidine rings is 1. The topological polar surface area (TPSA) is 97.6 Å². The van der Waals surface area contributed by atoms with E-state index in [1.165, 1.54) is 12.4 Å². The van der Waals surface area contributed by atoms with Crippen LogP contribution in [-0.2, 0) is 4.79 Å². The van der Waals surface area contributed by atoms with Gasteiger partial charge in [-0.1, -0.05) is 6.07 Å². The normalized spacial score (nSPS) is 18.1. The minimum absolute atomic E-state index is 0.0920. The molecular formula is C20H18N4O4. The summed E-state index contributed by atoms with van der Waals surface area (Å²) in [4.78, 5) is 22.3. The van der Waals surface area contributed by atoms with Crippen LogP contribution in [0, 0.1) is 11.3 Å². The number of fused-ring (bicyclic) bond motifs is 1. The van der Waals surface area contributed by atoms with Gasteiger partial charge >= 0.3 is 0 Å². The summed E-state index contributed by atoms with van der Waals surface area (Å²) in [6, 6.07) is 7.50. The van der Waals surface area contributed by atoms with E-state index < -0.39 is 0 Å². The molecule has 0 bridgehead atoms. The zero-order valence-corrected chi connectivity index (χ0v) is 15.1. The SMILES string of the molecule is N#Cc1nccnc1O[C@@H]1CCCN(C(=O)/C=C/c2ccc3c(c2)OCO3)C1. The van der Waals surface area contributed by atoms with Gasteiger partial charge in [0.1, 0.15) is 12.2 Å². The van der Waals surface area contributed by atoms with Crippen molar-refractivity contribution >= 4 is 12.0 Å². The van der Waals surface area contributed by atoms with Gasteiger partial charge in [0.25, 0.3) is 5.88 Å². The van der Waals surface area contributed by atoms with Crippen molar-refractivity contribution in [3.05, 3.63) is 47.9 Å². The first-order valence-electron chi connectivity index (χ1n) is 8.97. The lowest BCUT2D eigenvalue weighted by molar-refractivity contribution is -0.128. The predicted molar refractivity (Wildman–Crippen MR) is 98.6 cm³/mol. The molecule has 142 valence electrons. The van der Waals surface area contributed by atoms with Crippen molar-refractivity contribution in [1.82, 2.24) is 14.9 Å². The van der Waals surface area contributed by atoms with Crippen molar-refractivity contribution in [1.29, 1.82) is 5.26 Å². The maximum atomic E-state index is 12.6. The maximum Gasteiger partial charge on any atom is 0.251 e. The highest BCUT2D eigenvalue weighted by molar-refractivity contribution is 5.92. The van der Waals surface area contributed by atoms with Crippen LogP contribution in [0.5, 0.6) is 17.4 Å². The summed E-state index contributed by atoms with van der Waals surface area (Å²) in [5, 5.41) is 9.10. The number of hydrogen-bond acceptors (Lipinski definition) is 7. The number of benzene rings is 1. The first-order valence-corrected chi connectivity index (χ1v) is 8.97. The number of hydrogen-bond donors (Lipinski definition) is 0. The average Bonchev–Trinajstić information content (AvgIpc) is 3.20. The van der Waals surface area contributed by atoms with Crippen LogP contribution in [0.25, 0.3) is 6.08 Å². The smallest absolute Gasteiger partial charge is 0.251 e. The number of rotatable bonds is 4. The molecule has 1 saturated heterocycles. The van der Waals surface area contributed by atoms with E-state index in [4.69, 9.17) is 19.5 Å². The van der Waals surface area contributed by atoms with E-state index in [0.29, 0.717) is 24.6 Å². The molecule has 4 rings (SSSR count). The third kappa shape index (κ3) is 3.88. The van der Waals surface area contributed by atoms with Gasteiger partial charge in [-0.15, -0.1) is 0 Å². The summed E-state index contributed by atoms with van der Waals surface area (Å²) in [5.74, 6) is 1.50. The number of ether oxygens (including phenoxy) is 3.